The van der Waals surface area contributed by atoms with Gasteiger partial charge in [0.15, 0.2) is 0 Å². The van der Waals surface area contributed by atoms with Crippen molar-refractivity contribution in [3.63, 3.8) is 0 Å². The first-order valence-electron chi connectivity index (χ1n) is 6.35. The summed E-state index contributed by atoms with van der Waals surface area (Å²) in [5, 5.41) is 0. The zero-order chi connectivity index (χ0) is 16.0. The minimum absolute atomic E-state index is 0.0290. The fourth-order valence-electron chi connectivity index (χ4n) is 1.61. The summed E-state index contributed by atoms with van der Waals surface area (Å²) >= 11 is 4.93. The molecule has 6 nitrogen and oxygen atoms in total. The Morgan fingerprint density at radius 1 is 1.43 bits per heavy atom. The fraction of sp³-hybridized carbons (Fsp3) is 0.462. The van der Waals surface area contributed by atoms with Crippen LogP contribution < -0.4 is 15.2 Å². The second-order valence-corrected chi connectivity index (χ2v) is 6.87. The van der Waals surface area contributed by atoms with Crippen LogP contribution in [-0.4, -0.2) is 39.0 Å². The van der Waals surface area contributed by atoms with Crippen molar-refractivity contribution in [2.75, 3.05) is 24.2 Å². The quantitative estimate of drug-likeness (QED) is 0.701. The number of thiocarbonyl (C=S) groups is 1. The number of anilines is 1. The minimum Gasteiger partial charge on any atom is -0.495 e. The predicted molar refractivity (Wildman–Crippen MR) is 87.4 cm³/mol. The lowest BCUT2D eigenvalue weighted by Gasteiger charge is -2.15. The topological polar surface area (TPSA) is 90.6 Å². The van der Waals surface area contributed by atoms with Crippen LogP contribution in [0.15, 0.2) is 18.2 Å². The molecule has 0 aliphatic rings. The molecule has 0 saturated heterocycles. The van der Waals surface area contributed by atoms with Crippen molar-refractivity contribution in [2.24, 2.45) is 5.73 Å². The maximum Gasteiger partial charge on any atom is 0.235 e. The molecule has 118 valence electrons. The average Bonchev–Trinajstić information content (AvgIpc) is 2.37. The molecule has 0 unspecified atom stereocenters. The van der Waals surface area contributed by atoms with Crippen LogP contribution in [0.1, 0.15) is 19.4 Å². The van der Waals surface area contributed by atoms with E-state index in [1.165, 1.54) is 7.11 Å². The van der Waals surface area contributed by atoms with Gasteiger partial charge < -0.3 is 15.2 Å². The van der Waals surface area contributed by atoms with E-state index in [2.05, 4.69) is 4.72 Å². The highest BCUT2D eigenvalue weighted by atomic mass is 32.2. The van der Waals surface area contributed by atoms with E-state index in [1.807, 2.05) is 13.8 Å². The van der Waals surface area contributed by atoms with Crippen LogP contribution in [0, 0.1) is 0 Å². The van der Waals surface area contributed by atoms with E-state index in [4.69, 9.17) is 27.4 Å². The molecule has 0 saturated carbocycles. The van der Waals surface area contributed by atoms with Gasteiger partial charge in [-0.15, -0.1) is 0 Å². The first-order chi connectivity index (χ1) is 9.76. The van der Waals surface area contributed by atoms with E-state index in [-0.39, 0.29) is 29.1 Å². The molecule has 0 aliphatic carbocycles. The summed E-state index contributed by atoms with van der Waals surface area (Å²) in [6, 6.07) is 4.95. The molecule has 0 aliphatic heterocycles. The number of nitrogens with two attached hydrogens (primary N) is 1. The first-order valence-corrected chi connectivity index (χ1v) is 8.41. The summed E-state index contributed by atoms with van der Waals surface area (Å²) in [5.41, 5.74) is 6.28. The predicted octanol–water partition coefficient (Wildman–Crippen LogP) is 1.50. The van der Waals surface area contributed by atoms with Crippen LogP contribution in [-0.2, 0) is 14.8 Å². The van der Waals surface area contributed by atoms with Gasteiger partial charge in [-0.2, -0.15) is 0 Å². The number of rotatable bonds is 8. The molecule has 0 spiro atoms. The molecule has 0 fully saturated rings. The molecule has 0 aromatic heterocycles. The summed E-state index contributed by atoms with van der Waals surface area (Å²) in [5.74, 6) is 0.189. The number of sulfonamides is 1. The molecule has 0 radical (unpaired) electrons. The number of hydrogen-bond acceptors (Lipinski definition) is 5. The van der Waals surface area contributed by atoms with Gasteiger partial charge in [0.25, 0.3) is 0 Å². The second kappa shape index (κ2) is 7.58. The molecule has 0 bridgehead atoms. The minimum atomic E-state index is -3.59. The monoisotopic (exact) mass is 332 g/mol. The Balaban J connectivity index is 2.98. The van der Waals surface area contributed by atoms with Crippen LogP contribution >= 0.6 is 12.2 Å². The molecule has 1 aromatic carbocycles. The molecule has 3 N–H and O–H groups in total. The Morgan fingerprint density at radius 2 is 2.10 bits per heavy atom. The van der Waals surface area contributed by atoms with Crippen molar-refractivity contribution in [3.05, 3.63) is 23.8 Å². The average molecular weight is 332 g/mol. The van der Waals surface area contributed by atoms with Gasteiger partial charge in [0.05, 0.1) is 25.6 Å². The molecule has 1 aromatic rings. The Kier molecular flexibility index (Phi) is 6.38. The highest BCUT2D eigenvalue weighted by Crippen LogP contribution is 2.29. The lowest BCUT2D eigenvalue weighted by molar-refractivity contribution is 0.0913. The Bertz CT molecular complexity index is 600. The van der Waals surface area contributed by atoms with Crippen molar-refractivity contribution in [2.45, 2.75) is 20.0 Å². The zero-order valence-corrected chi connectivity index (χ0v) is 13.9. The first kappa shape index (κ1) is 17.7. The molecular weight excluding hydrogens is 312 g/mol. The number of hydrogen-bond donors (Lipinski definition) is 2. The number of ether oxygens (including phenoxy) is 2. The van der Waals surface area contributed by atoms with Crippen LogP contribution in [0.4, 0.5) is 5.69 Å². The number of methoxy groups -OCH3 is 1. The van der Waals surface area contributed by atoms with E-state index in [0.717, 1.165) is 0 Å². The summed E-state index contributed by atoms with van der Waals surface area (Å²) in [6.45, 7) is 3.78. The van der Waals surface area contributed by atoms with Gasteiger partial charge in [0.2, 0.25) is 10.0 Å². The molecule has 0 atom stereocenters. The maximum absolute atomic E-state index is 12.1. The van der Waals surface area contributed by atoms with Crippen molar-refractivity contribution in [1.82, 2.24) is 0 Å². The zero-order valence-electron chi connectivity index (χ0n) is 12.3. The normalized spacial score (nSPS) is 11.4. The van der Waals surface area contributed by atoms with Crippen LogP contribution in [0.25, 0.3) is 0 Å². The number of para-hydroxylation sites is 1. The van der Waals surface area contributed by atoms with E-state index in [9.17, 15) is 8.42 Å². The van der Waals surface area contributed by atoms with Gasteiger partial charge in [-0.1, -0.05) is 18.3 Å². The third-order valence-corrected chi connectivity index (χ3v) is 4.01. The maximum atomic E-state index is 12.1. The van der Waals surface area contributed by atoms with Gasteiger partial charge in [-0.05, 0) is 26.0 Å². The third-order valence-electron chi connectivity index (χ3n) is 2.57. The van der Waals surface area contributed by atoms with Crippen LogP contribution in [0.3, 0.4) is 0 Å². The summed E-state index contributed by atoms with van der Waals surface area (Å²) in [6.07, 6.45) is -0.0290. The molecular formula is C13H20N2O4S2. The summed E-state index contributed by atoms with van der Waals surface area (Å²) in [7, 11) is -2.15. The van der Waals surface area contributed by atoms with Crippen molar-refractivity contribution in [3.8, 4) is 5.75 Å². The van der Waals surface area contributed by atoms with Crippen molar-refractivity contribution in [1.29, 1.82) is 0 Å². The lowest BCUT2D eigenvalue weighted by atomic mass is 10.1. The van der Waals surface area contributed by atoms with Gasteiger partial charge in [0.1, 0.15) is 16.4 Å². The van der Waals surface area contributed by atoms with E-state index in [1.54, 1.807) is 18.2 Å². The molecule has 0 amide bonds. The molecule has 21 heavy (non-hydrogen) atoms. The number of nitrogens with one attached hydrogen (secondary N) is 1. The van der Waals surface area contributed by atoms with Crippen LogP contribution in [0.2, 0.25) is 0 Å². The number of benzene rings is 1. The SMILES string of the molecule is COc1cccc(C(N)=S)c1NS(=O)(=O)CCOC(C)C. The third kappa shape index (κ3) is 5.49. The Hall–Kier alpha value is -1.38. The van der Waals surface area contributed by atoms with E-state index < -0.39 is 10.0 Å². The lowest BCUT2D eigenvalue weighted by Crippen LogP contribution is -2.24. The standard InChI is InChI=1S/C13H20N2O4S2/c1-9(2)19-7-8-21(16,17)15-12-10(13(14)20)5-4-6-11(12)18-3/h4-6,9,15H,7-8H2,1-3H3,(H2,14,20). The van der Waals surface area contributed by atoms with Crippen molar-refractivity contribution < 1.29 is 17.9 Å². The highest BCUT2D eigenvalue weighted by Gasteiger charge is 2.18. The van der Waals surface area contributed by atoms with Gasteiger partial charge in [0, 0.05) is 5.56 Å². The Labute approximate surface area is 130 Å². The largest absolute Gasteiger partial charge is 0.495 e. The van der Waals surface area contributed by atoms with E-state index in [0.29, 0.717) is 11.3 Å². The van der Waals surface area contributed by atoms with Crippen molar-refractivity contribution >= 4 is 32.9 Å². The van der Waals surface area contributed by atoms with Gasteiger partial charge in [-0.3, -0.25) is 4.72 Å². The van der Waals surface area contributed by atoms with E-state index >= 15 is 0 Å². The fourth-order valence-corrected chi connectivity index (χ4v) is 2.72. The Morgan fingerprint density at radius 3 is 2.62 bits per heavy atom. The smallest absolute Gasteiger partial charge is 0.235 e. The van der Waals surface area contributed by atoms with Gasteiger partial charge in [-0.25, -0.2) is 8.42 Å². The van der Waals surface area contributed by atoms with Crippen LogP contribution in [0.5, 0.6) is 5.75 Å². The second-order valence-electron chi connectivity index (χ2n) is 4.59. The summed E-state index contributed by atoms with van der Waals surface area (Å²) in [4.78, 5) is 0.0880. The molecule has 8 heteroatoms. The van der Waals surface area contributed by atoms with Gasteiger partial charge >= 0.3 is 0 Å². The highest BCUT2D eigenvalue weighted by molar-refractivity contribution is 7.92. The summed E-state index contributed by atoms with van der Waals surface area (Å²) < 4.78 is 37.0. The molecule has 1 rings (SSSR count). The molecule has 0 heterocycles.